The molecule has 0 aromatic heterocycles. The van der Waals surface area contributed by atoms with Gasteiger partial charge in [-0.2, -0.15) is 0 Å². The molecule has 0 fully saturated rings. The zero-order chi connectivity index (χ0) is 13.5. The average Bonchev–Trinajstić information content (AvgIpc) is 2.40. The van der Waals surface area contributed by atoms with Gasteiger partial charge in [-0.3, -0.25) is 4.99 Å². The summed E-state index contributed by atoms with van der Waals surface area (Å²) in [7, 11) is 0. The van der Waals surface area contributed by atoms with Crippen LogP contribution in [-0.2, 0) is 6.42 Å². The third-order valence-corrected chi connectivity index (χ3v) is 2.81. The van der Waals surface area contributed by atoms with Gasteiger partial charge in [0.1, 0.15) is 0 Å². The molecule has 98 valence electrons. The molecular formula is C16H19N3. The first kappa shape index (κ1) is 13.1. The highest BCUT2D eigenvalue weighted by molar-refractivity contribution is 5.92. The number of nitrogens with one attached hydrogen (secondary N) is 1. The van der Waals surface area contributed by atoms with Gasteiger partial charge >= 0.3 is 0 Å². The smallest absolute Gasteiger partial charge is 0.193 e. The third kappa shape index (κ3) is 4.47. The third-order valence-electron chi connectivity index (χ3n) is 2.81. The first-order chi connectivity index (χ1) is 9.24. The normalized spacial score (nSPS) is 11.3. The van der Waals surface area contributed by atoms with Crippen molar-refractivity contribution in [1.29, 1.82) is 0 Å². The second-order valence-electron chi connectivity index (χ2n) is 4.50. The second-order valence-corrected chi connectivity index (χ2v) is 4.50. The van der Waals surface area contributed by atoms with Crippen LogP contribution in [0.15, 0.2) is 59.6 Å². The second kappa shape index (κ2) is 6.59. The lowest BCUT2D eigenvalue weighted by Crippen LogP contribution is -2.23. The maximum Gasteiger partial charge on any atom is 0.193 e. The summed E-state index contributed by atoms with van der Waals surface area (Å²) in [5.74, 6) is 0.457. The molecule has 0 bridgehead atoms. The highest BCUT2D eigenvalue weighted by atomic mass is 15.1. The van der Waals surface area contributed by atoms with E-state index < -0.39 is 0 Å². The number of nitrogens with zero attached hydrogens (tertiary/aromatic N) is 1. The molecule has 0 radical (unpaired) electrons. The predicted molar refractivity (Wildman–Crippen MR) is 81.4 cm³/mol. The first-order valence-corrected chi connectivity index (χ1v) is 6.41. The molecule has 0 spiro atoms. The molecule has 0 aliphatic heterocycles. The predicted octanol–water partition coefficient (Wildman–Crippen LogP) is 2.96. The van der Waals surface area contributed by atoms with E-state index in [1.807, 2.05) is 30.3 Å². The lowest BCUT2D eigenvalue weighted by Gasteiger charge is -2.05. The number of guanidine groups is 1. The van der Waals surface area contributed by atoms with Gasteiger partial charge in [0, 0.05) is 12.2 Å². The van der Waals surface area contributed by atoms with E-state index in [4.69, 9.17) is 5.73 Å². The van der Waals surface area contributed by atoms with Gasteiger partial charge in [0.25, 0.3) is 0 Å². The molecule has 19 heavy (non-hydrogen) atoms. The fourth-order valence-electron chi connectivity index (χ4n) is 1.88. The van der Waals surface area contributed by atoms with Crippen molar-refractivity contribution in [3.63, 3.8) is 0 Å². The molecule has 0 saturated heterocycles. The minimum Gasteiger partial charge on any atom is -0.370 e. The summed E-state index contributed by atoms with van der Waals surface area (Å²) in [6.07, 6.45) is 0.902. The number of anilines is 1. The van der Waals surface area contributed by atoms with E-state index in [0.717, 1.165) is 12.1 Å². The number of para-hydroxylation sites is 1. The summed E-state index contributed by atoms with van der Waals surface area (Å²) >= 11 is 0. The summed E-state index contributed by atoms with van der Waals surface area (Å²) in [5.41, 5.74) is 9.36. The van der Waals surface area contributed by atoms with Crippen LogP contribution in [-0.4, -0.2) is 12.5 Å². The van der Waals surface area contributed by atoms with Gasteiger partial charge in [-0.1, -0.05) is 48.0 Å². The molecule has 0 saturated carbocycles. The summed E-state index contributed by atoms with van der Waals surface area (Å²) < 4.78 is 0. The van der Waals surface area contributed by atoms with E-state index in [1.165, 1.54) is 11.1 Å². The fraction of sp³-hybridized carbons (Fsp3) is 0.188. The number of nitrogens with two attached hydrogens (primary N) is 1. The highest BCUT2D eigenvalue weighted by Crippen LogP contribution is 2.06. The lowest BCUT2D eigenvalue weighted by atomic mass is 10.1. The summed E-state index contributed by atoms with van der Waals surface area (Å²) in [6, 6.07) is 18.3. The van der Waals surface area contributed by atoms with Gasteiger partial charge in [-0.25, -0.2) is 0 Å². The van der Waals surface area contributed by atoms with Crippen LogP contribution in [0.4, 0.5) is 5.69 Å². The number of benzene rings is 2. The molecule has 2 aromatic carbocycles. The van der Waals surface area contributed by atoms with Crippen LogP contribution in [0.25, 0.3) is 0 Å². The lowest BCUT2D eigenvalue weighted by molar-refractivity contribution is 0.962. The minimum absolute atomic E-state index is 0.457. The van der Waals surface area contributed by atoms with Crippen LogP contribution in [0, 0.1) is 6.92 Å². The van der Waals surface area contributed by atoms with Crippen molar-refractivity contribution >= 4 is 11.6 Å². The first-order valence-electron chi connectivity index (χ1n) is 6.41. The molecule has 0 aliphatic carbocycles. The van der Waals surface area contributed by atoms with Gasteiger partial charge in [0.2, 0.25) is 0 Å². The molecule has 2 rings (SSSR count). The van der Waals surface area contributed by atoms with Crippen LogP contribution < -0.4 is 11.1 Å². The summed E-state index contributed by atoms with van der Waals surface area (Å²) in [5, 5.41) is 3.07. The van der Waals surface area contributed by atoms with Crippen LogP contribution in [0.1, 0.15) is 11.1 Å². The van der Waals surface area contributed by atoms with E-state index in [9.17, 15) is 0 Å². The van der Waals surface area contributed by atoms with Crippen LogP contribution >= 0.6 is 0 Å². The molecule has 0 atom stereocenters. The van der Waals surface area contributed by atoms with Gasteiger partial charge in [-0.05, 0) is 31.0 Å². The number of aliphatic imine (C=N–C) groups is 1. The quantitative estimate of drug-likeness (QED) is 0.650. The summed E-state index contributed by atoms with van der Waals surface area (Å²) in [4.78, 5) is 4.33. The van der Waals surface area contributed by atoms with E-state index >= 15 is 0 Å². The van der Waals surface area contributed by atoms with E-state index in [-0.39, 0.29) is 0 Å². The Hall–Kier alpha value is -2.29. The van der Waals surface area contributed by atoms with Crippen molar-refractivity contribution < 1.29 is 0 Å². The standard InChI is InChI=1S/C16H19N3/c1-13-6-5-7-14(12-13)10-11-18-16(17)19-15-8-3-2-4-9-15/h2-9,12H,10-11H2,1H3,(H3,17,18,19). The van der Waals surface area contributed by atoms with Crippen LogP contribution in [0.5, 0.6) is 0 Å². The molecule has 0 unspecified atom stereocenters. The van der Waals surface area contributed by atoms with Crippen LogP contribution in [0.2, 0.25) is 0 Å². The van der Waals surface area contributed by atoms with Gasteiger partial charge in [0.05, 0.1) is 0 Å². The Morgan fingerprint density at radius 2 is 1.89 bits per heavy atom. The molecule has 3 nitrogen and oxygen atoms in total. The maximum atomic E-state index is 5.84. The molecule has 3 N–H and O–H groups in total. The molecule has 2 aromatic rings. The topological polar surface area (TPSA) is 50.4 Å². The Morgan fingerprint density at radius 1 is 1.11 bits per heavy atom. The fourth-order valence-corrected chi connectivity index (χ4v) is 1.88. The Balaban J connectivity index is 1.85. The number of aryl methyl sites for hydroxylation is 1. The number of rotatable bonds is 4. The van der Waals surface area contributed by atoms with Crippen molar-refractivity contribution in [2.24, 2.45) is 10.7 Å². The molecule has 0 aliphatic rings. The van der Waals surface area contributed by atoms with Gasteiger partial charge in [0.15, 0.2) is 5.96 Å². The highest BCUT2D eigenvalue weighted by Gasteiger charge is 1.95. The zero-order valence-corrected chi connectivity index (χ0v) is 11.1. The Morgan fingerprint density at radius 3 is 2.63 bits per heavy atom. The zero-order valence-electron chi connectivity index (χ0n) is 11.1. The van der Waals surface area contributed by atoms with Crippen molar-refractivity contribution in [2.45, 2.75) is 13.3 Å². The summed E-state index contributed by atoms with van der Waals surface area (Å²) in [6.45, 7) is 2.78. The van der Waals surface area contributed by atoms with Crippen molar-refractivity contribution in [3.05, 3.63) is 65.7 Å². The average molecular weight is 253 g/mol. The van der Waals surface area contributed by atoms with Crippen molar-refractivity contribution in [1.82, 2.24) is 0 Å². The van der Waals surface area contributed by atoms with E-state index in [0.29, 0.717) is 12.5 Å². The maximum absolute atomic E-state index is 5.84. The Kier molecular flexibility index (Phi) is 4.56. The van der Waals surface area contributed by atoms with Crippen LogP contribution in [0.3, 0.4) is 0 Å². The van der Waals surface area contributed by atoms with Crippen molar-refractivity contribution in [2.75, 3.05) is 11.9 Å². The number of hydrogen-bond acceptors (Lipinski definition) is 1. The number of hydrogen-bond donors (Lipinski definition) is 2. The Labute approximate surface area is 114 Å². The monoisotopic (exact) mass is 253 g/mol. The SMILES string of the molecule is Cc1cccc(CCN=C(N)Nc2ccccc2)c1. The van der Waals surface area contributed by atoms with Crippen molar-refractivity contribution in [3.8, 4) is 0 Å². The van der Waals surface area contributed by atoms with Gasteiger partial charge in [-0.15, -0.1) is 0 Å². The molecule has 3 heteroatoms. The van der Waals surface area contributed by atoms with E-state index in [1.54, 1.807) is 0 Å². The largest absolute Gasteiger partial charge is 0.370 e. The molecule has 0 heterocycles. The Bertz CT molecular complexity index is 547. The molecular weight excluding hydrogens is 234 g/mol. The minimum atomic E-state index is 0.457. The van der Waals surface area contributed by atoms with Gasteiger partial charge < -0.3 is 11.1 Å². The molecule has 0 amide bonds. The van der Waals surface area contributed by atoms with E-state index in [2.05, 4.69) is 41.5 Å².